The molecule has 2 unspecified atom stereocenters. The summed E-state index contributed by atoms with van der Waals surface area (Å²) in [6.45, 7) is 1.92. The van der Waals surface area contributed by atoms with Gasteiger partial charge in [0, 0.05) is 13.1 Å². The highest BCUT2D eigenvalue weighted by Gasteiger charge is 2.53. The van der Waals surface area contributed by atoms with Crippen molar-refractivity contribution in [3.05, 3.63) is 0 Å². The Kier molecular flexibility index (Phi) is 2.87. The van der Waals surface area contributed by atoms with Crippen LogP contribution in [-0.4, -0.2) is 36.4 Å². The number of carboxylic acids is 1. The van der Waals surface area contributed by atoms with E-state index >= 15 is 0 Å². The maximum atomic E-state index is 10.7. The van der Waals surface area contributed by atoms with Crippen molar-refractivity contribution in [2.45, 2.75) is 50.7 Å². The summed E-state index contributed by atoms with van der Waals surface area (Å²) in [6.07, 6.45) is 6.68. The summed E-state index contributed by atoms with van der Waals surface area (Å²) in [5, 5.41) is 12.3. The van der Waals surface area contributed by atoms with Crippen LogP contribution in [0, 0.1) is 11.3 Å². The molecule has 17 heavy (non-hydrogen) atoms. The number of hydrogen-bond donors (Lipinski definition) is 2. The maximum Gasteiger partial charge on any atom is 0.332 e. The first-order valence-electron chi connectivity index (χ1n) is 6.79. The largest absolute Gasteiger partial charge is 0.479 e. The number of carboxylic acid groups (broad SMARTS) is 1. The second-order valence-electron chi connectivity index (χ2n) is 5.93. The molecule has 2 aliphatic carbocycles. The van der Waals surface area contributed by atoms with Gasteiger partial charge < -0.3 is 15.2 Å². The summed E-state index contributed by atoms with van der Waals surface area (Å²) >= 11 is 0. The van der Waals surface area contributed by atoms with Crippen LogP contribution in [0.2, 0.25) is 0 Å². The van der Waals surface area contributed by atoms with Gasteiger partial charge in [-0.25, -0.2) is 4.79 Å². The first kappa shape index (κ1) is 11.5. The van der Waals surface area contributed by atoms with Gasteiger partial charge in [-0.3, -0.25) is 0 Å². The van der Waals surface area contributed by atoms with Gasteiger partial charge in [0.15, 0.2) is 6.10 Å². The molecule has 0 radical (unpaired) electrons. The van der Waals surface area contributed by atoms with Crippen LogP contribution in [0.15, 0.2) is 0 Å². The lowest BCUT2D eigenvalue weighted by Gasteiger charge is -2.17. The van der Waals surface area contributed by atoms with Gasteiger partial charge in [-0.1, -0.05) is 0 Å². The molecule has 2 atom stereocenters. The summed E-state index contributed by atoms with van der Waals surface area (Å²) in [5.74, 6) is 0.162. The highest BCUT2D eigenvalue weighted by Crippen LogP contribution is 2.60. The topological polar surface area (TPSA) is 58.6 Å². The van der Waals surface area contributed by atoms with E-state index in [1.165, 1.54) is 25.7 Å². The lowest BCUT2D eigenvalue weighted by atomic mass is 10.0. The molecule has 1 aliphatic heterocycles. The van der Waals surface area contributed by atoms with Gasteiger partial charge in [-0.05, 0) is 49.9 Å². The van der Waals surface area contributed by atoms with Crippen molar-refractivity contribution >= 4 is 5.97 Å². The summed E-state index contributed by atoms with van der Waals surface area (Å²) in [6, 6.07) is 0. The fraction of sp³-hybridized carbons (Fsp3) is 0.923. The highest BCUT2D eigenvalue weighted by atomic mass is 16.5. The Labute approximate surface area is 102 Å². The Morgan fingerprint density at radius 1 is 1.29 bits per heavy atom. The molecule has 3 rings (SSSR count). The molecule has 2 saturated carbocycles. The van der Waals surface area contributed by atoms with Crippen LogP contribution in [0.5, 0.6) is 0 Å². The van der Waals surface area contributed by atoms with Gasteiger partial charge in [0.2, 0.25) is 0 Å². The molecule has 3 fully saturated rings. The van der Waals surface area contributed by atoms with Crippen molar-refractivity contribution in [3.8, 4) is 0 Å². The van der Waals surface area contributed by atoms with Crippen LogP contribution >= 0.6 is 0 Å². The lowest BCUT2D eigenvalue weighted by molar-refractivity contribution is -0.149. The predicted molar refractivity (Wildman–Crippen MR) is 62.8 cm³/mol. The normalized spacial score (nSPS) is 34.8. The average Bonchev–Trinajstić information content (AvgIpc) is 3.17. The van der Waals surface area contributed by atoms with E-state index in [1.54, 1.807) is 0 Å². The van der Waals surface area contributed by atoms with Gasteiger partial charge in [0.1, 0.15) is 0 Å². The Hall–Kier alpha value is -0.610. The third kappa shape index (κ3) is 2.47. The summed E-state index contributed by atoms with van der Waals surface area (Å²) in [4.78, 5) is 10.7. The number of aliphatic carboxylic acids is 1. The quantitative estimate of drug-likeness (QED) is 0.735. The van der Waals surface area contributed by atoms with E-state index in [1.807, 2.05) is 0 Å². The van der Waals surface area contributed by atoms with E-state index < -0.39 is 12.1 Å². The minimum Gasteiger partial charge on any atom is -0.479 e. The molecule has 3 aliphatic rings. The standard InChI is InChI=1S/C13H21NO3/c15-12(16)11-4-3-10(17-11)7-14-8-13(5-6-13)9-1-2-9/h9-11,14H,1-8H2,(H,15,16). The lowest BCUT2D eigenvalue weighted by Crippen LogP contribution is -2.33. The molecule has 0 amide bonds. The smallest absolute Gasteiger partial charge is 0.332 e. The van der Waals surface area contributed by atoms with Crippen LogP contribution in [0.3, 0.4) is 0 Å². The second kappa shape index (κ2) is 4.25. The van der Waals surface area contributed by atoms with E-state index in [4.69, 9.17) is 9.84 Å². The maximum absolute atomic E-state index is 10.7. The Bertz CT molecular complexity index is 310. The van der Waals surface area contributed by atoms with E-state index in [0.29, 0.717) is 11.8 Å². The molecule has 96 valence electrons. The van der Waals surface area contributed by atoms with Crippen LogP contribution in [0.4, 0.5) is 0 Å². The first-order valence-corrected chi connectivity index (χ1v) is 6.79. The molecule has 1 saturated heterocycles. The third-order valence-corrected chi connectivity index (χ3v) is 4.57. The molecule has 2 N–H and O–H groups in total. The number of hydrogen-bond acceptors (Lipinski definition) is 3. The van der Waals surface area contributed by atoms with Crippen molar-refractivity contribution in [3.63, 3.8) is 0 Å². The van der Waals surface area contributed by atoms with E-state index in [-0.39, 0.29) is 6.10 Å². The summed E-state index contributed by atoms with van der Waals surface area (Å²) in [7, 11) is 0. The third-order valence-electron chi connectivity index (χ3n) is 4.57. The fourth-order valence-corrected chi connectivity index (χ4v) is 3.11. The van der Waals surface area contributed by atoms with Gasteiger partial charge in [0.05, 0.1) is 6.10 Å². The minimum atomic E-state index is -0.816. The van der Waals surface area contributed by atoms with Crippen LogP contribution in [0.1, 0.15) is 38.5 Å². The van der Waals surface area contributed by atoms with Crippen molar-refractivity contribution in [2.24, 2.45) is 11.3 Å². The van der Waals surface area contributed by atoms with Crippen LogP contribution < -0.4 is 5.32 Å². The molecule has 0 aromatic rings. The molecule has 0 bridgehead atoms. The fourth-order valence-electron chi connectivity index (χ4n) is 3.11. The Balaban J connectivity index is 1.36. The molecule has 0 spiro atoms. The minimum absolute atomic E-state index is 0.103. The Morgan fingerprint density at radius 3 is 2.59 bits per heavy atom. The van der Waals surface area contributed by atoms with Crippen molar-refractivity contribution in [2.75, 3.05) is 13.1 Å². The van der Waals surface area contributed by atoms with Crippen LogP contribution in [-0.2, 0) is 9.53 Å². The van der Waals surface area contributed by atoms with Gasteiger partial charge in [-0.15, -0.1) is 0 Å². The van der Waals surface area contributed by atoms with Crippen molar-refractivity contribution < 1.29 is 14.6 Å². The van der Waals surface area contributed by atoms with E-state index in [9.17, 15) is 4.79 Å². The SMILES string of the molecule is O=C(O)C1CCC(CNCC2(C3CC3)CC2)O1. The molecular formula is C13H21NO3. The van der Waals surface area contributed by atoms with Gasteiger partial charge in [0.25, 0.3) is 0 Å². The molecule has 4 nitrogen and oxygen atoms in total. The average molecular weight is 239 g/mol. The monoisotopic (exact) mass is 239 g/mol. The Morgan fingerprint density at radius 2 is 2.06 bits per heavy atom. The molecule has 1 heterocycles. The number of rotatable bonds is 6. The molecule has 0 aromatic carbocycles. The molecule has 0 aromatic heterocycles. The number of ether oxygens (including phenoxy) is 1. The van der Waals surface area contributed by atoms with E-state index in [0.717, 1.165) is 25.4 Å². The second-order valence-corrected chi connectivity index (χ2v) is 5.93. The van der Waals surface area contributed by atoms with E-state index in [2.05, 4.69) is 5.32 Å². The number of carbonyl (C=O) groups is 1. The number of nitrogens with one attached hydrogen (secondary N) is 1. The zero-order valence-corrected chi connectivity index (χ0v) is 10.2. The zero-order valence-electron chi connectivity index (χ0n) is 10.2. The predicted octanol–water partition coefficient (Wildman–Crippen LogP) is 1.40. The van der Waals surface area contributed by atoms with Gasteiger partial charge in [-0.2, -0.15) is 0 Å². The highest BCUT2D eigenvalue weighted by molar-refractivity contribution is 5.72. The van der Waals surface area contributed by atoms with Crippen LogP contribution in [0.25, 0.3) is 0 Å². The molecule has 4 heteroatoms. The van der Waals surface area contributed by atoms with Crippen molar-refractivity contribution in [1.82, 2.24) is 5.32 Å². The summed E-state index contributed by atoms with van der Waals surface area (Å²) < 4.78 is 5.47. The molecular weight excluding hydrogens is 218 g/mol. The zero-order chi connectivity index (χ0) is 11.9. The van der Waals surface area contributed by atoms with Gasteiger partial charge >= 0.3 is 5.97 Å². The van der Waals surface area contributed by atoms with Crippen molar-refractivity contribution in [1.29, 1.82) is 0 Å². The summed E-state index contributed by atoms with van der Waals surface area (Å²) in [5.41, 5.74) is 0.616. The first-order chi connectivity index (χ1) is 8.20.